The van der Waals surface area contributed by atoms with Gasteiger partial charge in [0, 0.05) is 22.9 Å². The van der Waals surface area contributed by atoms with E-state index >= 15 is 0 Å². The summed E-state index contributed by atoms with van der Waals surface area (Å²) in [5, 5.41) is 4.06. The predicted octanol–water partition coefficient (Wildman–Crippen LogP) is 6.25. The molecule has 0 saturated carbocycles. The van der Waals surface area contributed by atoms with Crippen molar-refractivity contribution in [3.8, 4) is 11.3 Å². The van der Waals surface area contributed by atoms with E-state index in [4.69, 9.17) is 10.7 Å². The SMILES string of the molecule is C=CN=C(N=C(C)c1sc(C(C)(C)C)nc1-c1cccc(N)c1F)Nc1ccccc1. The number of thiazole rings is 1. The maximum absolute atomic E-state index is 14.9. The zero-order valence-electron chi connectivity index (χ0n) is 18.1. The third-order valence-electron chi connectivity index (χ3n) is 4.40. The van der Waals surface area contributed by atoms with Crippen molar-refractivity contribution in [1.82, 2.24) is 4.98 Å². The molecule has 0 bridgehead atoms. The Balaban J connectivity index is 2.11. The van der Waals surface area contributed by atoms with Crippen molar-refractivity contribution in [2.75, 3.05) is 11.1 Å². The Morgan fingerprint density at radius 2 is 1.87 bits per heavy atom. The lowest BCUT2D eigenvalue weighted by molar-refractivity contribution is 0.585. The Labute approximate surface area is 186 Å². The fourth-order valence-electron chi connectivity index (χ4n) is 2.84. The molecule has 0 amide bonds. The van der Waals surface area contributed by atoms with E-state index in [2.05, 4.69) is 42.7 Å². The summed E-state index contributed by atoms with van der Waals surface area (Å²) in [4.78, 5) is 14.5. The van der Waals surface area contributed by atoms with Gasteiger partial charge in [0.2, 0.25) is 5.96 Å². The first kappa shape index (κ1) is 22.4. The van der Waals surface area contributed by atoms with Gasteiger partial charge >= 0.3 is 0 Å². The monoisotopic (exact) mass is 435 g/mol. The van der Waals surface area contributed by atoms with Gasteiger partial charge in [-0.25, -0.2) is 19.4 Å². The summed E-state index contributed by atoms with van der Waals surface area (Å²) in [5.41, 5.74) is 8.09. The predicted molar refractivity (Wildman–Crippen MR) is 131 cm³/mol. The number of hydrogen-bond donors (Lipinski definition) is 2. The molecule has 0 aliphatic carbocycles. The van der Waals surface area contributed by atoms with Crippen LogP contribution in [0.4, 0.5) is 15.8 Å². The zero-order valence-corrected chi connectivity index (χ0v) is 18.9. The highest BCUT2D eigenvalue weighted by Gasteiger charge is 2.25. The van der Waals surface area contributed by atoms with E-state index < -0.39 is 5.82 Å². The number of aromatic nitrogens is 1. The van der Waals surface area contributed by atoms with Crippen molar-refractivity contribution in [3.63, 3.8) is 0 Å². The quantitative estimate of drug-likeness (QED) is 0.289. The minimum Gasteiger partial charge on any atom is -0.396 e. The van der Waals surface area contributed by atoms with Crippen LogP contribution in [0.2, 0.25) is 0 Å². The Morgan fingerprint density at radius 3 is 2.52 bits per heavy atom. The highest BCUT2D eigenvalue weighted by Crippen LogP contribution is 2.36. The summed E-state index contributed by atoms with van der Waals surface area (Å²) >= 11 is 1.49. The molecule has 0 saturated heterocycles. The molecule has 5 nitrogen and oxygen atoms in total. The maximum atomic E-state index is 14.9. The van der Waals surface area contributed by atoms with Crippen LogP contribution in [0.3, 0.4) is 0 Å². The molecule has 31 heavy (non-hydrogen) atoms. The van der Waals surface area contributed by atoms with Gasteiger partial charge in [-0.1, -0.05) is 51.6 Å². The van der Waals surface area contributed by atoms with E-state index in [1.54, 1.807) is 12.1 Å². The molecule has 7 heteroatoms. The van der Waals surface area contributed by atoms with Crippen molar-refractivity contribution < 1.29 is 4.39 Å². The number of hydrogen-bond acceptors (Lipinski definition) is 4. The molecule has 0 radical (unpaired) electrons. The number of nitrogens with two attached hydrogens (primary N) is 1. The third kappa shape index (κ3) is 5.24. The molecule has 1 aromatic heterocycles. The Hall–Kier alpha value is -3.32. The van der Waals surface area contributed by atoms with Gasteiger partial charge in [-0.3, -0.25) is 0 Å². The van der Waals surface area contributed by atoms with Gasteiger partial charge in [0.05, 0.1) is 27.0 Å². The minimum atomic E-state index is -0.482. The molecule has 1 heterocycles. The van der Waals surface area contributed by atoms with Crippen molar-refractivity contribution in [2.45, 2.75) is 33.1 Å². The molecule has 3 rings (SSSR count). The number of nitrogens with zero attached hydrogens (tertiary/aromatic N) is 3. The van der Waals surface area contributed by atoms with Crippen LogP contribution >= 0.6 is 11.3 Å². The van der Waals surface area contributed by atoms with Gasteiger partial charge in [-0.05, 0) is 31.2 Å². The first-order valence-corrected chi connectivity index (χ1v) is 10.6. The van der Waals surface area contributed by atoms with E-state index in [9.17, 15) is 4.39 Å². The molecular formula is C24H26FN5S. The summed E-state index contributed by atoms with van der Waals surface area (Å²) in [6.07, 6.45) is 1.42. The smallest absolute Gasteiger partial charge is 0.227 e. The molecule has 0 aliphatic rings. The Bertz CT molecular complexity index is 1140. The average Bonchev–Trinajstić information content (AvgIpc) is 3.17. The van der Waals surface area contributed by atoms with Crippen LogP contribution in [0.15, 0.2) is 71.3 Å². The molecule has 2 aromatic carbocycles. The second kappa shape index (κ2) is 9.22. The Kier molecular flexibility index (Phi) is 6.65. The zero-order chi connectivity index (χ0) is 22.6. The van der Waals surface area contributed by atoms with Crippen molar-refractivity contribution in [3.05, 3.63) is 77.0 Å². The van der Waals surface area contributed by atoms with E-state index in [0.29, 0.717) is 22.9 Å². The van der Waals surface area contributed by atoms with Gasteiger partial charge in [-0.15, -0.1) is 11.3 Å². The van der Waals surface area contributed by atoms with Crippen LogP contribution in [0.25, 0.3) is 11.3 Å². The van der Waals surface area contributed by atoms with E-state index in [0.717, 1.165) is 15.6 Å². The number of nitrogens with one attached hydrogen (secondary N) is 1. The number of aliphatic imine (C=N–C) groups is 2. The van der Waals surface area contributed by atoms with Crippen LogP contribution in [0, 0.1) is 5.82 Å². The molecule has 0 spiro atoms. The van der Waals surface area contributed by atoms with Crippen LogP contribution in [-0.4, -0.2) is 16.7 Å². The maximum Gasteiger partial charge on any atom is 0.227 e. The standard InChI is InChI=1S/C24H26FN5S/c1-6-27-23(29-16-11-8-7-9-12-16)28-15(2)21-20(30-22(31-21)24(3,4)5)17-13-10-14-18(26)19(17)25/h6-14H,1,26H2,2-5H3,(H,27,29). The number of nitrogen functional groups attached to an aromatic ring is 1. The minimum absolute atomic E-state index is 0.0861. The van der Waals surface area contributed by atoms with E-state index in [-0.39, 0.29) is 11.1 Å². The molecule has 160 valence electrons. The summed E-state index contributed by atoms with van der Waals surface area (Å²) < 4.78 is 14.9. The first-order chi connectivity index (χ1) is 14.7. The highest BCUT2D eigenvalue weighted by atomic mass is 32.1. The summed E-state index contributed by atoms with van der Waals surface area (Å²) in [5.74, 6) is -0.104. The largest absolute Gasteiger partial charge is 0.396 e. The number of anilines is 2. The number of benzene rings is 2. The number of para-hydroxylation sites is 1. The topological polar surface area (TPSA) is 75.7 Å². The second-order valence-corrected chi connectivity index (χ2v) is 8.98. The van der Waals surface area contributed by atoms with E-state index in [1.807, 2.05) is 37.3 Å². The van der Waals surface area contributed by atoms with Crippen LogP contribution in [-0.2, 0) is 5.41 Å². The normalized spacial score (nSPS) is 12.7. The second-order valence-electron chi connectivity index (χ2n) is 7.98. The molecule has 0 fully saturated rings. The molecule has 3 aromatic rings. The van der Waals surface area contributed by atoms with Crippen LogP contribution in [0.1, 0.15) is 37.6 Å². The van der Waals surface area contributed by atoms with Crippen LogP contribution < -0.4 is 11.1 Å². The molecule has 0 atom stereocenters. The fraction of sp³-hybridized carbons (Fsp3) is 0.208. The molecular weight excluding hydrogens is 409 g/mol. The van der Waals surface area contributed by atoms with Crippen molar-refractivity contribution in [2.24, 2.45) is 9.98 Å². The van der Waals surface area contributed by atoms with Gasteiger partial charge in [-0.2, -0.15) is 0 Å². The van der Waals surface area contributed by atoms with Gasteiger partial charge in [0.25, 0.3) is 0 Å². The van der Waals surface area contributed by atoms with Gasteiger partial charge in [0.1, 0.15) is 0 Å². The average molecular weight is 436 g/mol. The summed E-state index contributed by atoms with van der Waals surface area (Å²) in [6, 6.07) is 14.6. The summed E-state index contributed by atoms with van der Waals surface area (Å²) in [6.45, 7) is 11.8. The number of guanidine groups is 1. The third-order valence-corrected chi connectivity index (χ3v) is 5.99. The van der Waals surface area contributed by atoms with Crippen LogP contribution in [0.5, 0.6) is 0 Å². The lowest BCUT2D eigenvalue weighted by Gasteiger charge is -2.13. The highest BCUT2D eigenvalue weighted by molar-refractivity contribution is 7.14. The lowest BCUT2D eigenvalue weighted by atomic mass is 9.98. The molecule has 3 N–H and O–H groups in total. The molecule has 0 unspecified atom stereocenters. The lowest BCUT2D eigenvalue weighted by Crippen LogP contribution is -2.11. The van der Waals surface area contributed by atoms with Gasteiger partial charge < -0.3 is 11.1 Å². The van der Waals surface area contributed by atoms with Gasteiger partial charge in [0.15, 0.2) is 5.82 Å². The fourth-order valence-corrected chi connectivity index (χ4v) is 3.92. The van der Waals surface area contributed by atoms with Crippen molar-refractivity contribution in [1.29, 1.82) is 0 Å². The van der Waals surface area contributed by atoms with E-state index in [1.165, 1.54) is 23.6 Å². The molecule has 0 aliphatic heterocycles. The summed E-state index contributed by atoms with van der Waals surface area (Å²) in [7, 11) is 0. The van der Waals surface area contributed by atoms with Crippen molar-refractivity contribution >= 4 is 34.4 Å². The number of halogens is 1. The first-order valence-electron chi connectivity index (χ1n) is 9.83. The Morgan fingerprint density at radius 1 is 1.16 bits per heavy atom. The number of rotatable bonds is 4.